The molecule has 1 saturated heterocycles. The van der Waals surface area contributed by atoms with Gasteiger partial charge in [-0.1, -0.05) is 54.8 Å². The third kappa shape index (κ3) is 5.74. The third-order valence-electron chi connectivity index (χ3n) is 7.18. The van der Waals surface area contributed by atoms with Crippen molar-refractivity contribution in [1.29, 1.82) is 0 Å². The van der Waals surface area contributed by atoms with Crippen LogP contribution in [-0.2, 0) is 9.59 Å². The molecule has 1 aliphatic heterocycles. The Balaban J connectivity index is 1.68. The number of rotatable bonds is 10. The van der Waals surface area contributed by atoms with Crippen LogP contribution in [0.1, 0.15) is 61.4 Å². The zero-order valence-corrected chi connectivity index (χ0v) is 25.6. The number of amides is 1. The standard InChI is InChI=1S/C33H33ClN2O5S/c1-5-7-8-15-41-24-14-11-22(18-25(24)40-6-2)29-27(30(37)21-9-12-23(34)13-10-21)31(38)32(39)36(29)33-35-28-20(4)16-19(3)17-26(28)42-33/h9-14,16-18,29,37H,5-8,15H2,1-4H3/b30-27+. The lowest BCUT2D eigenvalue weighted by Gasteiger charge is -2.24. The lowest BCUT2D eigenvalue weighted by molar-refractivity contribution is -0.132. The maximum absolute atomic E-state index is 13.7. The van der Waals surface area contributed by atoms with Gasteiger partial charge < -0.3 is 14.6 Å². The monoisotopic (exact) mass is 604 g/mol. The van der Waals surface area contributed by atoms with E-state index in [9.17, 15) is 14.7 Å². The minimum atomic E-state index is -0.948. The highest BCUT2D eigenvalue weighted by molar-refractivity contribution is 7.22. The van der Waals surface area contributed by atoms with Crippen molar-refractivity contribution in [2.75, 3.05) is 18.1 Å². The van der Waals surface area contributed by atoms with Gasteiger partial charge in [0.1, 0.15) is 5.76 Å². The van der Waals surface area contributed by atoms with Crippen LogP contribution in [0.2, 0.25) is 5.02 Å². The van der Waals surface area contributed by atoms with Crippen LogP contribution in [0.25, 0.3) is 16.0 Å². The predicted molar refractivity (Wildman–Crippen MR) is 168 cm³/mol. The van der Waals surface area contributed by atoms with Gasteiger partial charge in [0, 0.05) is 10.6 Å². The van der Waals surface area contributed by atoms with Gasteiger partial charge in [0.05, 0.1) is 35.0 Å². The summed E-state index contributed by atoms with van der Waals surface area (Å²) in [5.41, 5.74) is 3.75. The maximum Gasteiger partial charge on any atom is 0.301 e. The van der Waals surface area contributed by atoms with Crippen LogP contribution in [0, 0.1) is 13.8 Å². The number of aryl methyl sites for hydroxylation is 2. The molecule has 0 saturated carbocycles. The minimum Gasteiger partial charge on any atom is -0.507 e. The summed E-state index contributed by atoms with van der Waals surface area (Å²) in [4.78, 5) is 33.6. The summed E-state index contributed by atoms with van der Waals surface area (Å²) >= 11 is 7.41. The normalized spacial score (nSPS) is 16.4. The second-order valence-corrected chi connectivity index (χ2v) is 11.7. The first-order valence-corrected chi connectivity index (χ1v) is 15.3. The number of carbonyl (C=O) groups is 2. The number of ether oxygens (including phenoxy) is 2. The quantitative estimate of drug-likeness (QED) is 0.0850. The van der Waals surface area contributed by atoms with Gasteiger partial charge >= 0.3 is 5.91 Å². The van der Waals surface area contributed by atoms with Gasteiger partial charge in [-0.3, -0.25) is 14.5 Å². The summed E-state index contributed by atoms with van der Waals surface area (Å²) in [7, 11) is 0. The summed E-state index contributed by atoms with van der Waals surface area (Å²) in [5.74, 6) is -0.764. The number of nitrogens with zero attached hydrogens (tertiary/aromatic N) is 2. The molecule has 7 nitrogen and oxygen atoms in total. The van der Waals surface area contributed by atoms with Gasteiger partial charge in [-0.2, -0.15) is 0 Å². The number of carbonyl (C=O) groups excluding carboxylic acids is 2. The molecule has 1 aromatic heterocycles. The van der Waals surface area contributed by atoms with Crippen molar-refractivity contribution in [2.24, 2.45) is 0 Å². The molecule has 1 atom stereocenters. The topological polar surface area (TPSA) is 89.0 Å². The molecule has 5 rings (SSSR count). The molecule has 0 spiro atoms. The highest BCUT2D eigenvalue weighted by Crippen LogP contribution is 2.46. The van der Waals surface area contributed by atoms with Crippen molar-refractivity contribution in [1.82, 2.24) is 4.98 Å². The average molecular weight is 605 g/mol. The number of hydrogen-bond donors (Lipinski definition) is 1. The molecule has 0 aliphatic carbocycles. The number of halogens is 1. The first-order chi connectivity index (χ1) is 20.2. The lowest BCUT2D eigenvalue weighted by Crippen LogP contribution is -2.29. The molecule has 1 N–H and O–H groups in total. The number of Topliss-reactive ketones (excluding diaryl/α,β-unsaturated/α-hetero) is 1. The largest absolute Gasteiger partial charge is 0.507 e. The minimum absolute atomic E-state index is 0.0338. The van der Waals surface area contributed by atoms with Gasteiger partial charge in [-0.25, -0.2) is 4.98 Å². The van der Waals surface area contributed by atoms with Crippen LogP contribution in [0.3, 0.4) is 0 Å². The number of aromatic nitrogens is 1. The van der Waals surface area contributed by atoms with Gasteiger partial charge in [-0.15, -0.1) is 0 Å². The highest BCUT2D eigenvalue weighted by atomic mass is 35.5. The van der Waals surface area contributed by atoms with Crippen molar-refractivity contribution in [2.45, 2.75) is 53.0 Å². The van der Waals surface area contributed by atoms with Crippen molar-refractivity contribution >= 4 is 55.7 Å². The molecule has 1 amide bonds. The van der Waals surface area contributed by atoms with E-state index in [1.807, 2.05) is 32.9 Å². The molecule has 42 heavy (non-hydrogen) atoms. The van der Waals surface area contributed by atoms with E-state index in [1.165, 1.54) is 16.2 Å². The Morgan fingerprint density at radius 1 is 1.00 bits per heavy atom. The molecule has 9 heteroatoms. The van der Waals surface area contributed by atoms with E-state index in [1.54, 1.807) is 42.5 Å². The zero-order valence-electron chi connectivity index (χ0n) is 24.1. The van der Waals surface area contributed by atoms with Gasteiger partial charge in [0.15, 0.2) is 16.6 Å². The van der Waals surface area contributed by atoms with E-state index < -0.39 is 17.7 Å². The number of hydrogen-bond acceptors (Lipinski definition) is 7. The van der Waals surface area contributed by atoms with E-state index in [-0.39, 0.29) is 11.3 Å². The molecule has 1 aliphatic rings. The van der Waals surface area contributed by atoms with E-state index in [4.69, 9.17) is 26.1 Å². The SMILES string of the molecule is CCCCCOc1ccc(C2/C(=C(\O)c3ccc(Cl)cc3)C(=O)C(=O)N2c2nc3c(C)cc(C)cc3s2)cc1OCC. The van der Waals surface area contributed by atoms with Crippen molar-refractivity contribution < 1.29 is 24.2 Å². The van der Waals surface area contributed by atoms with Crippen LogP contribution in [0.5, 0.6) is 11.5 Å². The molecular formula is C33H33ClN2O5S. The second kappa shape index (κ2) is 12.5. The molecule has 4 aromatic rings. The average Bonchev–Trinajstić information content (AvgIpc) is 3.50. The molecule has 3 aromatic carbocycles. The molecule has 218 valence electrons. The summed E-state index contributed by atoms with van der Waals surface area (Å²) in [6, 6.07) is 15.0. The van der Waals surface area contributed by atoms with E-state index in [2.05, 4.69) is 6.92 Å². The number of thiazole rings is 1. The fraction of sp³-hybridized carbons (Fsp3) is 0.303. The number of aliphatic hydroxyl groups excluding tert-OH is 1. The van der Waals surface area contributed by atoms with Crippen molar-refractivity contribution in [3.8, 4) is 11.5 Å². The van der Waals surface area contributed by atoms with Crippen LogP contribution in [0.15, 0.2) is 60.2 Å². The van der Waals surface area contributed by atoms with Crippen LogP contribution < -0.4 is 14.4 Å². The van der Waals surface area contributed by atoms with Gasteiger partial charge in [-0.05, 0) is 86.3 Å². The molecular weight excluding hydrogens is 572 g/mol. The Morgan fingerprint density at radius 2 is 1.76 bits per heavy atom. The number of aliphatic hydroxyl groups is 1. The van der Waals surface area contributed by atoms with Crippen LogP contribution in [-0.4, -0.2) is 35.0 Å². The third-order valence-corrected chi connectivity index (χ3v) is 8.43. The van der Waals surface area contributed by atoms with Crippen molar-refractivity contribution in [3.05, 3.63) is 87.4 Å². The summed E-state index contributed by atoms with van der Waals surface area (Å²) < 4.78 is 12.9. The van der Waals surface area contributed by atoms with Crippen LogP contribution >= 0.6 is 22.9 Å². The fourth-order valence-corrected chi connectivity index (χ4v) is 6.48. The Kier molecular flexibility index (Phi) is 8.85. The summed E-state index contributed by atoms with van der Waals surface area (Å²) in [6.07, 6.45) is 3.06. The van der Waals surface area contributed by atoms with E-state index >= 15 is 0 Å². The number of benzene rings is 3. The molecule has 0 bridgehead atoms. The van der Waals surface area contributed by atoms with Crippen LogP contribution in [0.4, 0.5) is 5.13 Å². The Hall–Kier alpha value is -3.88. The second-order valence-electron chi connectivity index (χ2n) is 10.3. The molecule has 1 unspecified atom stereocenters. The summed E-state index contributed by atoms with van der Waals surface area (Å²) in [6.45, 7) is 8.94. The van der Waals surface area contributed by atoms with E-state index in [0.717, 1.165) is 40.6 Å². The number of fused-ring (bicyclic) bond motifs is 1. The Morgan fingerprint density at radius 3 is 2.48 bits per heavy atom. The number of anilines is 1. The van der Waals surface area contributed by atoms with Gasteiger partial charge in [0.2, 0.25) is 0 Å². The van der Waals surface area contributed by atoms with Gasteiger partial charge in [0.25, 0.3) is 5.78 Å². The summed E-state index contributed by atoms with van der Waals surface area (Å²) in [5, 5.41) is 12.3. The molecule has 0 radical (unpaired) electrons. The zero-order chi connectivity index (χ0) is 30.0. The van der Waals surface area contributed by atoms with Crippen molar-refractivity contribution in [3.63, 3.8) is 0 Å². The van der Waals surface area contributed by atoms with E-state index in [0.29, 0.717) is 46.0 Å². The smallest absolute Gasteiger partial charge is 0.301 e. The Labute approximate surface area is 254 Å². The first-order valence-electron chi connectivity index (χ1n) is 14.1. The molecule has 2 heterocycles. The molecule has 1 fully saturated rings. The Bertz CT molecular complexity index is 1680. The lowest BCUT2D eigenvalue weighted by atomic mass is 9.95. The fourth-order valence-electron chi connectivity index (χ4n) is 5.19. The first kappa shape index (κ1) is 29.6. The highest BCUT2D eigenvalue weighted by Gasteiger charge is 2.48. The predicted octanol–water partition coefficient (Wildman–Crippen LogP) is 8.16. The number of unbranched alkanes of at least 4 members (excludes halogenated alkanes) is 2. The maximum atomic E-state index is 13.7. The number of ketones is 1.